The minimum atomic E-state index is 0.0231. The molecular weight excluding hydrogens is 126 g/mol. The highest BCUT2D eigenvalue weighted by Crippen LogP contribution is 2.06. The third-order valence-corrected chi connectivity index (χ3v) is 1.13. The standard InChI is InChI=1S/C7H9N3/c1-5(2)7(10)6(3-8)4-9/h5H,10H2,1-2H3. The van der Waals surface area contributed by atoms with Gasteiger partial charge in [-0.25, -0.2) is 0 Å². The number of hydrogen-bond acceptors (Lipinski definition) is 3. The molecule has 0 aromatic heterocycles. The Morgan fingerprint density at radius 2 is 1.70 bits per heavy atom. The Kier molecular flexibility index (Phi) is 3.01. The van der Waals surface area contributed by atoms with Crippen molar-refractivity contribution in [3.05, 3.63) is 11.3 Å². The van der Waals surface area contributed by atoms with E-state index >= 15 is 0 Å². The Bertz CT molecular complexity index is 208. The molecular formula is C7H9N3. The fraction of sp³-hybridized carbons (Fsp3) is 0.429. The molecule has 0 fully saturated rings. The first-order valence-corrected chi connectivity index (χ1v) is 2.93. The van der Waals surface area contributed by atoms with Gasteiger partial charge in [-0.1, -0.05) is 13.8 Å². The van der Waals surface area contributed by atoms with E-state index < -0.39 is 0 Å². The molecule has 10 heavy (non-hydrogen) atoms. The molecule has 0 radical (unpaired) electrons. The predicted octanol–water partition coefficient (Wildman–Crippen LogP) is 0.902. The van der Waals surface area contributed by atoms with Gasteiger partial charge in [0.1, 0.15) is 17.7 Å². The van der Waals surface area contributed by atoms with Gasteiger partial charge < -0.3 is 5.73 Å². The van der Waals surface area contributed by atoms with E-state index in [0.717, 1.165) is 0 Å². The molecule has 3 heteroatoms. The second-order valence-corrected chi connectivity index (χ2v) is 2.21. The molecule has 0 aliphatic rings. The van der Waals surface area contributed by atoms with E-state index in [1.165, 1.54) is 0 Å². The summed E-state index contributed by atoms with van der Waals surface area (Å²) in [6.07, 6.45) is 0. The average molecular weight is 135 g/mol. The molecule has 0 saturated heterocycles. The van der Waals surface area contributed by atoms with Crippen molar-refractivity contribution >= 4 is 0 Å². The molecule has 0 aromatic carbocycles. The highest BCUT2D eigenvalue weighted by molar-refractivity contribution is 5.39. The molecule has 2 N–H and O–H groups in total. The highest BCUT2D eigenvalue weighted by atomic mass is 14.6. The van der Waals surface area contributed by atoms with Gasteiger partial charge in [0, 0.05) is 5.70 Å². The number of rotatable bonds is 1. The van der Waals surface area contributed by atoms with Gasteiger partial charge in [-0.2, -0.15) is 10.5 Å². The molecule has 0 aliphatic heterocycles. The fourth-order valence-corrected chi connectivity index (χ4v) is 0.443. The Hall–Kier alpha value is -1.48. The summed E-state index contributed by atoms with van der Waals surface area (Å²) in [5.74, 6) is 0.0642. The van der Waals surface area contributed by atoms with E-state index in [1.807, 2.05) is 13.8 Å². The maximum absolute atomic E-state index is 8.33. The van der Waals surface area contributed by atoms with Crippen LogP contribution in [0.3, 0.4) is 0 Å². The monoisotopic (exact) mass is 135 g/mol. The van der Waals surface area contributed by atoms with Crippen LogP contribution in [0.15, 0.2) is 11.3 Å². The van der Waals surface area contributed by atoms with Crippen molar-refractivity contribution in [1.29, 1.82) is 10.5 Å². The zero-order valence-electron chi connectivity index (χ0n) is 6.05. The summed E-state index contributed by atoms with van der Waals surface area (Å²) in [7, 11) is 0. The zero-order chi connectivity index (χ0) is 8.15. The third-order valence-electron chi connectivity index (χ3n) is 1.13. The van der Waals surface area contributed by atoms with Crippen LogP contribution in [-0.2, 0) is 0 Å². The van der Waals surface area contributed by atoms with Gasteiger partial charge in [-0.15, -0.1) is 0 Å². The van der Waals surface area contributed by atoms with E-state index in [4.69, 9.17) is 16.3 Å². The molecule has 0 heterocycles. The summed E-state index contributed by atoms with van der Waals surface area (Å²) in [5, 5.41) is 16.7. The maximum atomic E-state index is 8.33. The summed E-state index contributed by atoms with van der Waals surface area (Å²) in [6, 6.07) is 3.45. The molecule has 0 rings (SSSR count). The lowest BCUT2D eigenvalue weighted by atomic mass is 10.1. The number of nitrogens with two attached hydrogens (primary N) is 1. The Labute approximate surface area is 60.4 Å². The van der Waals surface area contributed by atoms with Crippen molar-refractivity contribution in [2.75, 3.05) is 0 Å². The summed E-state index contributed by atoms with van der Waals surface area (Å²) in [5.41, 5.74) is 5.81. The third kappa shape index (κ3) is 1.80. The molecule has 0 saturated carbocycles. The van der Waals surface area contributed by atoms with Gasteiger partial charge >= 0.3 is 0 Å². The van der Waals surface area contributed by atoms with E-state index in [9.17, 15) is 0 Å². The van der Waals surface area contributed by atoms with Crippen LogP contribution in [0, 0.1) is 28.6 Å². The first-order valence-electron chi connectivity index (χ1n) is 2.93. The molecule has 0 unspecified atom stereocenters. The van der Waals surface area contributed by atoms with Gasteiger partial charge in [0.25, 0.3) is 0 Å². The summed E-state index contributed by atoms with van der Waals surface area (Å²) < 4.78 is 0. The van der Waals surface area contributed by atoms with Crippen molar-refractivity contribution in [1.82, 2.24) is 0 Å². The zero-order valence-corrected chi connectivity index (χ0v) is 6.05. The average Bonchev–Trinajstić information content (AvgIpc) is 1.90. The summed E-state index contributed by atoms with van der Waals surface area (Å²) in [4.78, 5) is 0. The minimum absolute atomic E-state index is 0.0231. The smallest absolute Gasteiger partial charge is 0.148 e. The second-order valence-electron chi connectivity index (χ2n) is 2.21. The van der Waals surface area contributed by atoms with Crippen LogP contribution in [0.5, 0.6) is 0 Å². The van der Waals surface area contributed by atoms with Gasteiger partial charge in [-0.05, 0) is 5.92 Å². The van der Waals surface area contributed by atoms with Gasteiger partial charge in [0.15, 0.2) is 0 Å². The van der Waals surface area contributed by atoms with Crippen LogP contribution in [0.2, 0.25) is 0 Å². The first-order chi connectivity index (χ1) is 4.63. The lowest BCUT2D eigenvalue weighted by Gasteiger charge is -2.02. The number of allylic oxidation sites excluding steroid dienone is 2. The minimum Gasteiger partial charge on any atom is -0.400 e. The van der Waals surface area contributed by atoms with Crippen molar-refractivity contribution in [3.63, 3.8) is 0 Å². The molecule has 0 aromatic rings. The van der Waals surface area contributed by atoms with Crippen LogP contribution in [-0.4, -0.2) is 0 Å². The van der Waals surface area contributed by atoms with Gasteiger partial charge in [0.05, 0.1) is 0 Å². The van der Waals surface area contributed by atoms with Crippen LogP contribution < -0.4 is 5.73 Å². The van der Waals surface area contributed by atoms with Crippen molar-refractivity contribution < 1.29 is 0 Å². The van der Waals surface area contributed by atoms with E-state index in [1.54, 1.807) is 12.1 Å². The summed E-state index contributed by atoms with van der Waals surface area (Å²) in [6.45, 7) is 3.67. The van der Waals surface area contributed by atoms with Crippen LogP contribution in [0.25, 0.3) is 0 Å². The Balaban J connectivity index is 4.70. The number of nitriles is 2. The number of hydrogen-bond donors (Lipinski definition) is 1. The van der Waals surface area contributed by atoms with E-state index in [2.05, 4.69) is 0 Å². The molecule has 0 aliphatic carbocycles. The Morgan fingerprint density at radius 1 is 1.30 bits per heavy atom. The van der Waals surface area contributed by atoms with Gasteiger partial charge in [-0.3, -0.25) is 0 Å². The normalized spacial score (nSPS) is 8.10. The van der Waals surface area contributed by atoms with E-state index in [0.29, 0.717) is 5.70 Å². The lowest BCUT2D eigenvalue weighted by molar-refractivity contribution is 0.753. The largest absolute Gasteiger partial charge is 0.400 e. The van der Waals surface area contributed by atoms with Crippen LogP contribution >= 0.6 is 0 Å². The van der Waals surface area contributed by atoms with Crippen molar-refractivity contribution in [2.45, 2.75) is 13.8 Å². The van der Waals surface area contributed by atoms with Gasteiger partial charge in [0.2, 0.25) is 0 Å². The second kappa shape index (κ2) is 3.53. The topological polar surface area (TPSA) is 73.6 Å². The SMILES string of the molecule is CC(C)C(N)=C(C#N)C#N. The molecule has 52 valence electrons. The van der Waals surface area contributed by atoms with Crippen LogP contribution in [0.4, 0.5) is 0 Å². The highest BCUT2D eigenvalue weighted by Gasteiger charge is 2.04. The van der Waals surface area contributed by atoms with Crippen LogP contribution in [0.1, 0.15) is 13.8 Å². The number of nitrogens with zero attached hydrogens (tertiary/aromatic N) is 2. The molecule has 0 atom stereocenters. The van der Waals surface area contributed by atoms with Crippen molar-refractivity contribution in [2.24, 2.45) is 11.7 Å². The molecule has 0 bridgehead atoms. The molecule has 0 spiro atoms. The van der Waals surface area contributed by atoms with Crippen molar-refractivity contribution in [3.8, 4) is 12.1 Å². The molecule has 3 nitrogen and oxygen atoms in total. The summed E-state index contributed by atoms with van der Waals surface area (Å²) >= 11 is 0. The maximum Gasteiger partial charge on any atom is 0.148 e. The first kappa shape index (κ1) is 8.52. The predicted molar refractivity (Wildman–Crippen MR) is 37.3 cm³/mol. The lowest BCUT2D eigenvalue weighted by Crippen LogP contribution is -2.07. The molecule has 0 amide bonds. The van der Waals surface area contributed by atoms with E-state index in [-0.39, 0.29) is 11.5 Å². The quantitative estimate of drug-likeness (QED) is 0.543. The fourth-order valence-electron chi connectivity index (χ4n) is 0.443. The Morgan fingerprint density at radius 3 is 1.80 bits per heavy atom.